The van der Waals surface area contributed by atoms with Crippen LogP contribution in [0.2, 0.25) is 19.6 Å². The van der Waals surface area contributed by atoms with E-state index < -0.39 is 8.07 Å². The first-order valence-corrected chi connectivity index (χ1v) is 13.3. The van der Waals surface area contributed by atoms with Crippen molar-refractivity contribution in [1.29, 1.82) is 0 Å². The highest BCUT2D eigenvalue weighted by molar-refractivity contribution is 8.00. The zero-order valence-electron chi connectivity index (χ0n) is 15.4. The van der Waals surface area contributed by atoms with E-state index in [1.807, 2.05) is 11.8 Å². The average Bonchev–Trinajstić information content (AvgIpc) is 2.54. The first-order chi connectivity index (χ1) is 11.4. The Balaban J connectivity index is 2.00. The van der Waals surface area contributed by atoms with Crippen molar-refractivity contribution in [3.05, 3.63) is 30.3 Å². The molecule has 0 radical (unpaired) electrons. The molecule has 0 aliphatic carbocycles. The Morgan fingerprint density at radius 1 is 1.25 bits per heavy atom. The summed E-state index contributed by atoms with van der Waals surface area (Å²) in [5.41, 5.74) is 3.47. The Bertz CT molecular complexity index is 538. The molecular formula is C20H30O2SSi. The highest BCUT2D eigenvalue weighted by atomic mass is 32.2. The molecule has 24 heavy (non-hydrogen) atoms. The number of thioether (sulfide) groups is 1. The predicted molar refractivity (Wildman–Crippen MR) is 106 cm³/mol. The molecule has 0 saturated carbocycles. The Hall–Kier alpha value is -0.733. The van der Waals surface area contributed by atoms with Gasteiger partial charge in [-0.3, -0.25) is 0 Å². The van der Waals surface area contributed by atoms with Crippen LogP contribution in [0.15, 0.2) is 35.2 Å². The smallest absolute Gasteiger partial charge is 0.158 e. The predicted octanol–water partition coefficient (Wildman–Crippen LogP) is 5.35. The van der Waals surface area contributed by atoms with Crippen LogP contribution in [0, 0.1) is 11.5 Å². The molecule has 132 valence electrons. The fourth-order valence-corrected chi connectivity index (χ4v) is 4.23. The maximum Gasteiger partial charge on any atom is 0.158 e. The number of hydrogen-bond acceptors (Lipinski definition) is 3. The van der Waals surface area contributed by atoms with E-state index >= 15 is 0 Å². The van der Waals surface area contributed by atoms with Gasteiger partial charge in [0, 0.05) is 23.2 Å². The van der Waals surface area contributed by atoms with Gasteiger partial charge in [-0.2, -0.15) is 0 Å². The van der Waals surface area contributed by atoms with Crippen molar-refractivity contribution in [1.82, 2.24) is 0 Å². The summed E-state index contributed by atoms with van der Waals surface area (Å²) >= 11 is 1.86. The van der Waals surface area contributed by atoms with Gasteiger partial charge in [0.2, 0.25) is 0 Å². The second kappa shape index (κ2) is 9.67. The zero-order chi connectivity index (χ0) is 17.4. The van der Waals surface area contributed by atoms with Crippen molar-refractivity contribution >= 4 is 19.8 Å². The normalized spacial score (nSPS) is 20.8. The summed E-state index contributed by atoms with van der Waals surface area (Å²) in [6, 6.07) is 10.5. The van der Waals surface area contributed by atoms with Crippen LogP contribution >= 0.6 is 11.8 Å². The number of rotatable bonds is 6. The van der Waals surface area contributed by atoms with E-state index in [0.717, 1.165) is 25.9 Å². The maximum atomic E-state index is 6.31. The second-order valence-corrected chi connectivity index (χ2v) is 13.6. The molecule has 0 aromatic heterocycles. The molecule has 2 rings (SSSR count). The van der Waals surface area contributed by atoms with Crippen molar-refractivity contribution < 1.29 is 9.47 Å². The average molecular weight is 363 g/mol. The van der Waals surface area contributed by atoms with Gasteiger partial charge in [0.05, 0.1) is 6.10 Å². The van der Waals surface area contributed by atoms with E-state index in [9.17, 15) is 0 Å². The van der Waals surface area contributed by atoms with Gasteiger partial charge < -0.3 is 9.47 Å². The van der Waals surface area contributed by atoms with Crippen LogP contribution in [-0.2, 0) is 9.47 Å². The van der Waals surface area contributed by atoms with Gasteiger partial charge in [-0.05, 0) is 31.4 Å². The lowest BCUT2D eigenvalue weighted by Gasteiger charge is -2.30. The molecule has 4 heteroatoms. The zero-order valence-corrected chi connectivity index (χ0v) is 17.2. The van der Waals surface area contributed by atoms with Crippen molar-refractivity contribution in [2.24, 2.45) is 0 Å². The van der Waals surface area contributed by atoms with Crippen molar-refractivity contribution in [2.45, 2.75) is 74.8 Å². The molecule has 1 aliphatic heterocycles. The molecule has 1 fully saturated rings. The minimum Gasteiger partial charge on any atom is -0.353 e. The monoisotopic (exact) mass is 362 g/mol. The Labute approximate surface area is 152 Å². The van der Waals surface area contributed by atoms with Crippen LogP contribution < -0.4 is 0 Å². The summed E-state index contributed by atoms with van der Waals surface area (Å²) in [6.07, 6.45) is 4.16. The van der Waals surface area contributed by atoms with Gasteiger partial charge in [-0.15, -0.1) is 23.2 Å². The lowest BCUT2D eigenvalue weighted by atomic mass is 10.2. The first-order valence-electron chi connectivity index (χ1n) is 8.93. The van der Waals surface area contributed by atoms with Gasteiger partial charge in [-0.1, -0.05) is 44.8 Å². The fourth-order valence-electron chi connectivity index (χ4n) is 2.54. The third kappa shape index (κ3) is 7.44. The highest BCUT2D eigenvalue weighted by Crippen LogP contribution is 2.29. The van der Waals surface area contributed by atoms with Gasteiger partial charge in [0.25, 0.3) is 0 Å². The van der Waals surface area contributed by atoms with Crippen LogP contribution in [0.4, 0.5) is 0 Å². The van der Waals surface area contributed by atoms with Crippen molar-refractivity contribution in [3.63, 3.8) is 0 Å². The minimum absolute atomic E-state index is 0.0590. The molecule has 3 unspecified atom stereocenters. The third-order valence-electron chi connectivity index (χ3n) is 3.82. The summed E-state index contributed by atoms with van der Waals surface area (Å²) in [6.45, 7) is 9.90. The molecule has 1 aromatic carbocycles. The van der Waals surface area contributed by atoms with Crippen LogP contribution in [0.25, 0.3) is 0 Å². The van der Waals surface area contributed by atoms with E-state index in [4.69, 9.17) is 9.47 Å². The van der Waals surface area contributed by atoms with Gasteiger partial charge in [0.15, 0.2) is 6.29 Å². The van der Waals surface area contributed by atoms with E-state index in [-0.39, 0.29) is 12.4 Å². The standard InChI is InChI=1S/C20H30O2SSi/c1-17(23-18-11-6-5-7-12-18)19(13-10-16-24(2,3)4)22-20-14-8-9-15-21-20/h5-7,11-12,17,19-20H,8-9,13-15H2,1-4H3. The summed E-state index contributed by atoms with van der Waals surface area (Å²) in [5.74, 6) is 3.40. The summed E-state index contributed by atoms with van der Waals surface area (Å²) in [4.78, 5) is 1.28. The Morgan fingerprint density at radius 2 is 2.00 bits per heavy atom. The molecule has 1 aromatic rings. The molecule has 0 spiro atoms. The Morgan fingerprint density at radius 3 is 2.62 bits per heavy atom. The summed E-state index contributed by atoms with van der Waals surface area (Å²) in [7, 11) is -1.34. The van der Waals surface area contributed by atoms with E-state index in [1.54, 1.807) is 0 Å². The number of ether oxygens (including phenoxy) is 2. The second-order valence-electron chi connectivity index (χ2n) is 7.36. The Kier molecular flexibility index (Phi) is 7.90. The lowest BCUT2D eigenvalue weighted by Crippen LogP contribution is -2.33. The molecule has 0 N–H and O–H groups in total. The quantitative estimate of drug-likeness (QED) is 0.386. The maximum absolute atomic E-state index is 6.31. The highest BCUT2D eigenvalue weighted by Gasteiger charge is 2.24. The molecule has 0 bridgehead atoms. The number of hydrogen-bond donors (Lipinski definition) is 0. The van der Waals surface area contributed by atoms with E-state index in [1.165, 1.54) is 11.3 Å². The molecule has 2 nitrogen and oxygen atoms in total. The minimum atomic E-state index is -1.34. The molecule has 1 saturated heterocycles. The van der Waals surface area contributed by atoms with Crippen molar-refractivity contribution in [2.75, 3.05) is 6.61 Å². The van der Waals surface area contributed by atoms with Crippen LogP contribution in [0.1, 0.15) is 32.6 Å². The summed E-state index contributed by atoms with van der Waals surface area (Å²) < 4.78 is 12.1. The van der Waals surface area contributed by atoms with E-state index in [2.05, 4.69) is 68.4 Å². The molecule has 0 amide bonds. The molecule has 1 aliphatic rings. The SMILES string of the molecule is CC(Sc1ccccc1)C(CC#C[Si](C)(C)C)OC1CCCCO1. The van der Waals surface area contributed by atoms with Crippen molar-refractivity contribution in [3.8, 4) is 11.5 Å². The topological polar surface area (TPSA) is 18.5 Å². The van der Waals surface area contributed by atoms with Gasteiger partial charge in [-0.25, -0.2) is 0 Å². The first kappa shape index (κ1) is 19.6. The van der Waals surface area contributed by atoms with Crippen LogP contribution in [0.5, 0.6) is 0 Å². The number of benzene rings is 1. The molecule has 1 heterocycles. The molecule has 3 atom stereocenters. The van der Waals surface area contributed by atoms with Crippen LogP contribution in [0.3, 0.4) is 0 Å². The lowest BCUT2D eigenvalue weighted by molar-refractivity contribution is -0.186. The van der Waals surface area contributed by atoms with Gasteiger partial charge in [0.1, 0.15) is 8.07 Å². The fraction of sp³-hybridized carbons (Fsp3) is 0.600. The van der Waals surface area contributed by atoms with Gasteiger partial charge >= 0.3 is 0 Å². The van der Waals surface area contributed by atoms with Crippen LogP contribution in [-0.4, -0.2) is 32.3 Å². The third-order valence-corrected chi connectivity index (χ3v) is 5.97. The van der Waals surface area contributed by atoms with E-state index in [0.29, 0.717) is 5.25 Å². The molecular weight excluding hydrogens is 332 g/mol. The summed E-state index contributed by atoms with van der Waals surface area (Å²) in [5, 5.41) is 0.342. The largest absolute Gasteiger partial charge is 0.353 e.